The van der Waals surface area contributed by atoms with Crippen LogP contribution in [0.25, 0.3) is 0 Å². The minimum atomic E-state index is -4.42. The number of hydroxylamine groups is 2. The van der Waals surface area contributed by atoms with Gasteiger partial charge in [-0.2, -0.15) is 18.2 Å². The van der Waals surface area contributed by atoms with Gasteiger partial charge in [0.05, 0.1) is 16.7 Å². The minimum Gasteiger partial charge on any atom is -0.459 e. The summed E-state index contributed by atoms with van der Waals surface area (Å²) in [5, 5.41) is 2.05. The van der Waals surface area contributed by atoms with Gasteiger partial charge < -0.3 is 4.74 Å². The maximum Gasteiger partial charge on any atom is 0.416 e. The highest BCUT2D eigenvalue weighted by Crippen LogP contribution is 2.62. The van der Waals surface area contributed by atoms with E-state index in [2.05, 4.69) is 5.06 Å². The number of esters is 1. The molecule has 0 amide bonds. The number of alkyl halides is 3. The molecule has 4 bridgehead atoms. The predicted octanol–water partition coefficient (Wildman–Crippen LogP) is 4.69. The molecule has 0 radical (unpaired) electrons. The number of ether oxygens (including phenoxy) is 1. The summed E-state index contributed by atoms with van der Waals surface area (Å²) in [6.07, 6.45) is 2.74. The molecule has 4 nitrogen and oxygen atoms in total. The van der Waals surface area contributed by atoms with Crippen molar-refractivity contribution >= 4 is 5.97 Å². The van der Waals surface area contributed by atoms with Crippen molar-refractivity contribution < 1.29 is 27.5 Å². The van der Waals surface area contributed by atoms with Crippen molar-refractivity contribution in [3.05, 3.63) is 35.4 Å². The van der Waals surface area contributed by atoms with E-state index >= 15 is 0 Å². The molecule has 158 valence electrons. The van der Waals surface area contributed by atoms with Crippen LogP contribution in [0.4, 0.5) is 13.2 Å². The van der Waals surface area contributed by atoms with E-state index in [0.29, 0.717) is 11.8 Å². The second kappa shape index (κ2) is 6.71. The Hall–Kier alpha value is -1.60. The van der Waals surface area contributed by atoms with E-state index in [1.807, 2.05) is 7.05 Å². The van der Waals surface area contributed by atoms with Crippen LogP contribution >= 0.6 is 0 Å². The zero-order chi connectivity index (χ0) is 20.4. The van der Waals surface area contributed by atoms with Gasteiger partial charge in [-0.05, 0) is 80.0 Å². The molecule has 1 saturated heterocycles. The topological polar surface area (TPSA) is 38.8 Å². The summed E-state index contributed by atoms with van der Waals surface area (Å²) in [6.45, 7) is 0.123. The normalized spacial score (nSPS) is 38.7. The Balaban J connectivity index is 1.22. The standard InChI is InChI=1S/C22H26F3NO3/c1-26-21(17-7-13-6-14(9-17)10-18(21)8-13)11-19(29-26)12-28-20(27)15-2-4-16(5-3-15)22(23,24)25/h2-5,13-14,17-19H,6-12H2,1H3/t13?,14?,17?,18?,19-,21?/m0/s1. The van der Waals surface area contributed by atoms with Crippen LogP contribution in [0.5, 0.6) is 0 Å². The number of benzene rings is 1. The second-order valence-electron chi connectivity index (χ2n) is 9.40. The Morgan fingerprint density at radius 1 is 1.10 bits per heavy atom. The lowest BCUT2D eigenvalue weighted by molar-refractivity contribution is -0.230. The summed E-state index contributed by atoms with van der Waals surface area (Å²) >= 11 is 0. The zero-order valence-corrected chi connectivity index (χ0v) is 16.5. The average Bonchev–Trinajstić information content (AvgIpc) is 3.00. The first-order chi connectivity index (χ1) is 13.8. The van der Waals surface area contributed by atoms with Crippen LogP contribution in [0, 0.1) is 23.7 Å². The predicted molar refractivity (Wildman–Crippen MR) is 98.8 cm³/mol. The van der Waals surface area contributed by atoms with Crippen LogP contribution < -0.4 is 0 Å². The van der Waals surface area contributed by atoms with E-state index in [-0.39, 0.29) is 23.8 Å². The molecule has 1 aromatic carbocycles. The molecule has 5 aliphatic rings. The Labute approximate surface area is 168 Å². The molecule has 1 aliphatic heterocycles. The summed E-state index contributed by atoms with van der Waals surface area (Å²) in [4.78, 5) is 18.4. The molecule has 4 aliphatic carbocycles. The molecule has 1 aromatic rings. The number of hydrogen-bond donors (Lipinski definition) is 0. The van der Waals surface area contributed by atoms with Crippen LogP contribution in [0.15, 0.2) is 24.3 Å². The number of nitrogens with zero attached hydrogens (tertiary/aromatic N) is 1. The molecule has 0 unspecified atom stereocenters. The van der Waals surface area contributed by atoms with Crippen molar-refractivity contribution in [3.63, 3.8) is 0 Å². The monoisotopic (exact) mass is 409 g/mol. The van der Waals surface area contributed by atoms with Gasteiger partial charge in [-0.25, -0.2) is 4.79 Å². The Kier molecular flexibility index (Phi) is 4.48. The number of carbonyl (C=O) groups excluding carboxylic acids is 1. The second-order valence-corrected chi connectivity index (χ2v) is 9.40. The first-order valence-electron chi connectivity index (χ1n) is 10.5. The number of rotatable bonds is 3. The quantitative estimate of drug-likeness (QED) is 0.679. The highest BCUT2D eigenvalue weighted by Gasteiger charge is 2.62. The third-order valence-electron chi connectivity index (χ3n) is 7.85. The fourth-order valence-electron chi connectivity index (χ4n) is 6.84. The van der Waals surface area contributed by atoms with Gasteiger partial charge in [-0.15, -0.1) is 0 Å². The van der Waals surface area contributed by atoms with Gasteiger partial charge >= 0.3 is 12.1 Å². The molecule has 1 heterocycles. The summed E-state index contributed by atoms with van der Waals surface area (Å²) in [7, 11) is 2.01. The van der Waals surface area contributed by atoms with Crippen LogP contribution in [0.3, 0.4) is 0 Å². The molecule has 4 saturated carbocycles. The van der Waals surface area contributed by atoms with Gasteiger partial charge in [0, 0.05) is 13.5 Å². The van der Waals surface area contributed by atoms with E-state index in [9.17, 15) is 18.0 Å². The SMILES string of the molecule is CN1O[C@H](COC(=O)c2ccc(C(F)(F)F)cc2)CC12C1CC3CC(C1)CC2C3. The molecule has 29 heavy (non-hydrogen) atoms. The number of hydrogen-bond acceptors (Lipinski definition) is 4. The van der Waals surface area contributed by atoms with Crippen molar-refractivity contribution in [3.8, 4) is 0 Å². The van der Waals surface area contributed by atoms with Gasteiger partial charge in [0.2, 0.25) is 0 Å². The van der Waals surface area contributed by atoms with Gasteiger partial charge in [-0.3, -0.25) is 4.84 Å². The molecule has 7 heteroatoms. The smallest absolute Gasteiger partial charge is 0.416 e. The van der Waals surface area contributed by atoms with E-state index in [4.69, 9.17) is 9.57 Å². The fraction of sp³-hybridized carbons (Fsp3) is 0.682. The largest absolute Gasteiger partial charge is 0.459 e. The van der Waals surface area contributed by atoms with E-state index in [1.165, 1.54) is 32.1 Å². The van der Waals surface area contributed by atoms with Crippen LogP contribution in [0.2, 0.25) is 0 Å². The fourth-order valence-corrected chi connectivity index (χ4v) is 6.84. The Morgan fingerprint density at radius 2 is 1.69 bits per heavy atom. The molecule has 1 spiro atoms. The van der Waals surface area contributed by atoms with E-state index in [1.54, 1.807) is 0 Å². The highest BCUT2D eigenvalue weighted by molar-refractivity contribution is 5.89. The molecule has 0 aromatic heterocycles. The van der Waals surface area contributed by atoms with Crippen molar-refractivity contribution in [2.75, 3.05) is 13.7 Å². The lowest BCUT2D eigenvalue weighted by atomic mass is 9.47. The third kappa shape index (κ3) is 3.17. The highest BCUT2D eigenvalue weighted by atomic mass is 19.4. The number of carbonyl (C=O) groups is 1. The first kappa shape index (κ1) is 19.4. The maximum atomic E-state index is 12.7. The maximum absolute atomic E-state index is 12.7. The van der Waals surface area contributed by atoms with Gasteiger partial charge in [0.25, 0.3) is 0 Å². The summed E-state index contributed by atoms with van der Waals surface area (Å²) in [5.74, 6) is 2.43. The van der Waals surface area contributed by atoms with Crippen LogP contribution in [-0.2, 0) is 15.8 Å². The number of halogens is 3. The average molecular weight is 409 g/mol. The first-order valence-corrected chi connectivity index (χ1v) is 10.5. The lowest BCUT2D eigenvalue weighted by Gasteiger charge is -2.61. The lowest BCUT2D eigenvalue weighted by Crippen LogP contribution is -2.62. The Bertz CT molecular complexity index is 763. The minimum absolute atomic E-state index is 0.0544. The van der Waals surface area contributed by atoms with Gasteiger partial charge in [-0.1, -0.05) is 0 Å². The van der Waals surface area contributed by atoms with E-state index < -0.39 is 17.7 Å². The van der Waals surface area contributed by atoms with Crippen LogP contribution in [-0.4, -0.2) is 36.3 Å². The molecule has 0 N–H and O–H groups in total. The third-order valence-corrected chi connectivity index (χ3v) is 7.85. The van der Waals surface area contributed by atoms with Crippen molar-refractivity contribution in [1.82, 2.24) is 5.06 Å². The molecule has 1 atom stereocenters. The van der Waals surface area contributed by atoms with Gasteiger partial charge in [0.1, 0.15) is 12.7 Å². The Morgan fingerprint density at radius 3 is 2.24 bits per heavy atom. The van der Waals surface area contributed by atoms with E-state index in [0.717, 1.165) is 42.5 Å². The molecular formula is C22H26F3NO3. The molecule has 5 fully saturated rings. The van der Waals surface area contributed by atoms with Crippen LogP contribution in [0.1, 0.15) is 54.4 Å². The summed E-state index contributed by atoms with van der Waals surface area (Å²) < 4.78 is 43.4. The van der Waals surface area contributed by atoms with Gasteiger partial charge in [0.15, 0.2) is 0 Å². The molecular weight excluding hydrogens is 383 g/mol. The molecule has 6 rings (SSSR count). The zero-order valence-electron chi connectivity index (χ0n) is 16.5. The van der Waals surface area contributed by atoms with Crippen molar-refractivity contribution in [1.29, 1.82) is 0 Å². The summed E-state index contributed by atoms with van der Waals surface area (Å²) in [5.41, 5.74) is -0.605. The van der Waals surface area contributed by atoms with Crippen molar-refractivity contribution in [2.45, 2.75) is 56.3 Å². The summed E-state index contributed by atoms with van der Waals surface area (Å²) in [6, 6.07) is 4.12. The van der Waals surface area contributed by atoms with Crippen molar-refractivity contribution in [2.24, 2.45) is 23.7 Å².